The molecule has 18 heavy (non-hydrogen) atoms. The van der Waals surface area contributed by atoms with Crippen molar-refractivity contribution in [3.63, 3.8) is 0 Å². The Labute approximate surface area is 105 Å². The largest absolute Gasteiger partial charge is 0.478 e. The van der Waals surface area contributed by atoms with Crippen molar-refractivity contribution in [3.05, 3.63) is 23.6 Å². The smallest absolute Gasteiger partial charge is 0.338 e. The fourth-order valence-corrected chi connectivity index (χ4v) is 1.15. The van der Waals surface area contributed by atoms with Crippen LogP contribution in [-0.4, -0.2) is 32.3 Å². The van der Waals surface area contributed by atoms with E-state index >= 15 is 0 Å². The van der Waals surface area contributed by atoms with Crippen molar-refractivity contribution in [1.82, 2.24) is 4.98 Å². The van der Waals surface area contributed by atoms with E-state index in [0.29, 0.717) is 0 Å². The molecule has 0 unspecified atom stereocenters. The minimum atomic E-state index is -1.36. The fourth-order valence-electron chi connectivity index (χ4n) is 1.15. The Morgan fingerprint density at radius 1 is 1.39 bits per heavy atom. The van der Waals surface area contributed by atoms with Gasteiger partial charge in [0.25, 0.3) is 0 Å². The summed E-state index contributed by atoms with van der Waals surface area (Å²) < 4.78 is 13.9. The van der Waals surface area contributed by atoms with Crippen molar-refractivity contribution in [2.45, 2.75) is 38.8 Å². The quantitative estimate of drug-likeness (QED) is 0.766. The summed E-state index contributed by atoms with van der Waals surface area (Å²) in [6.45, 7) is 6.47. The summed E-state index contributed by atoms with van der Waals surface area (Å²) in [4.78, 5) is 14.6. The highest BCUT2D eigenvalue weighted by atomic mass is 19.1. The Bertz CT molecular complexity index is 467. The molecule has 1 aromatic heterocycles. The van der Waals surface area contributed by atoms with E-state index in [4.69, 9.17) is 5.11 Å². The average molecular weight is 256 g/mol. The number of hydrogen-bond donors (Lipinski definition) is 3. The zero-order valence-electron chi connectivity index (χ0n) is 10.8. The number of carboxylic acids is 1. The van der Waals surface area contributed by atoms with Crippen molar-refractivity contribution in [2.75, 3.05) is 5.32 Å². The number of aliphatic hydroxyl groups is 1. The van der Waals surface area contributed by atoms with Crippen molar-refractivity contribution >= 4 is 11.8 Å². The molecule has 0 saturated heterocycles. The average Bonchev–Trinajstić information content (AvgIpc) is 2.18. The van der Waals surface area contributed by atoms with Crippen LogP contribution in [0.4, 0.5) is 10.2 Å². The van der Waals surface area contributed by atoms with E-state index in [0.717, 1.165) is 6.07 Å². The zero-order valence-corrected chi connectivity index (χ0v) is 10.8. The molecule has 0 saturated carbocycles. The van der Waals surface area contributed by atoms with Crippen LogP contribution >= 0.6 is 0 Å². The second kappa shape index (κ2) is 4.53. The van der Waals surface area contributed by atoms with Crippen LogP contribution < -0.4 is 5.32 Å². The lowest BCUT2D eigenvalue weighted by Crippen LogP contribution is -2.51. The number of halogens is 1. The van der Waals surface area contributed by atoms with Gasteiger partial charge in [0.1, 0.15) is 5.56 Å². The van der Waals surface area contributed by atoms with E-state index in [9.17, 15) is 14.3 Å². The Balaban J connectivity index is 3.14. The summed E-state index contributed by atoms with van der Waals surface area (Å²) in [5.74, 6) is -2.50. The van der Waals surface area contributed by atoms with Gasteiger partial charge in [0.2, 0.25) is 0 Å². The normalized spacial score (nSPS) is 12.3. The summed E-state index contributed by atoms with van der Waals surface area (Å²) in [6, 6.07) is 1.08. The first-order valence-electron chi connectivity index (χ1n) is 5.44. The summed E-state index contributed by atoms with van der Waals surface area (Å²) >= 11 is 0. The number of hydrogen-bond acceptors (Lipinski definition) is 4. The zero-order chi connectivity index (χ0) is 14.1. The predicted octanol–water partition coefficient (Wildman–Crippen LogP) is 1.88. The van der Waals surface area contributed by atoms with Crippen LogP contribution in [0.25, 0.3) is 0 Å². The number of aromatic nitrogens is 1. The van der Waals surface area contributed by atoms with Gasteiger partial charge in [-0.15, -0.1) is 0 Å². The second-order valence-electron chi connectivity index (χ2n) is 5.14. The van der Waals surface area contributed by atoms with E-state index in [2.05, 4.69) is 10.3 Å². The second-order valence-corrected chi connectivity index (χ2v) is 5.14. The number of carbonyl (C=O) groups is 1. The van der Waals surface area contributed by atoms with Gasteiger partial charge in [-0.25, -0.2) is 14.2 Å². The van der Waals surface area contributed by atoms with E-state index in [-0.39, 0.29) is 5.82 Å². The number of nitrogens with one attached hydrogen (secondary N) is 1. The first-order chi connectivity index (χ1) is 8.06. The molecule has 0 aromatic carbocycles. The number of anilines is 1. The summed E-state index contributed by atoms with van der Waals surface area (Å²) in [7, 11) is 0. The van der Waals surface area contributed by atoms with Gasteiger partial charge in [0.05, 0.1) is 11.1 Å². The van der Waals surface area contributed by atoms with Crippen LogP contribution in [0.3, 0.4) is 0 Å². The molecule has 0 aliphatic heterocycles. The molecule has 0 bridgehead atoms. The van der Waals surface area contributed by atoms with Crippen molar-refractivity contribution in [1.29, 1.82) is 0 Å². The SMILES string of the molecule is CC(C)(O)C(C)(C)Nc1nccc(C(=O)O)c1F. The molecule has 0 aliphatic carbocycles. The van der Waals surface area contributed by atoms with Crippen LogP contribution in [0.2, 0.25) is 0 Å². The van der Waals surface area contributed by atoms with Crippen LogP contribution in [0.15, 0.2) is 12.3 Å². The molecular formula is C12H17FN2O3. The molecule has 100 valence electrons. The molecular weight excluding hydrogens is 239 g/mol. The van der Waals surface area contributed by atoms with Crippen molar-refractivity contribution in [2.24, 2.45) is 0 Å². The van der Waals surface area contributed by atoms with Crippen LogP contribution in [0.5, 0.6) is 0 Å². The molecule has 0 amide bonds. The topological polar surface area (TPSA) is 82.5 Å². The number of aromatic carboxylic acids is 1. The van der Waals surface area contributed by atoms with Crippen LogP contribution in [0.1, 0.15) is 38.1 Å². The molecule has 0 spiro atoms. The van der Waals surface area contributed by atoms with E-state index in [1.165, 1.54) is 6.20 Å². The molecule has 0 atom stereocenters. The van der Waals surface area contributed by atoms with Gasteiger partial charge in [0, 0.05) is 6.20 Å². The summed E-state index contributed by atoms with van der Waals surface area (Å²) in [5.41, 5.74) is -2.47. The third kappa shape index (κ3) is 2.76. The standard InChI is InChI=1S/C12H17FN2O3/c1-11(2,12(3,4)18)15-9-8(13)7(10(16)17)5-6-14-9/h5-6,18H,1-4H3,(H,14,15)(H,16,17). The summed E-state index contributed by atoms with van der Waals surface area (Å²) in [6.07, 6.45) is 1.20. The number of carboxylic acid groups (broad SMARTS) is 1. The highest BCUT2D eigenvalue weighted by Crippen LogP contribution is 2.27. The molecule has 1 rings (SSSR count). The van der Waals surface area contributed by atoms with E-state index < -0.39 is 28.5 Å². The Morgan fingerprint density at radius 3 is 2.39 bits per heavy atom. The van der Waals surface area contributed by atoms with Gasteiger partial charge >= 0.3 is 5.97 Å². The minimum Gasteiger partial charge on any atom is -0.478 e. The number of nitrogens with zero attached hydrogens (tertiary/aromatic N) is 1. The minimum absolute atomic E-state index is 0.193. The lowest BCUT2D eigenvalue weighted by atomic mass is 9.86. The van der Waals surface area contributed by atoms with E-state index in [1.54, 1.807) is 27.7 Å². The molecule has 0 radical (unpaired) electrons. The maximum atomic E-state index is 13.9. The maximum absolute atomic E-state index is 13.9. The van der Waals surface area contributed by atoms with Crippen LogP contribution in [-0.2, 0) is 0 Å². The number of pyridine rings is 1. The van der Waals surface area contributed by atoms with Crippen molar-refractivity contribution < 1.29 is 19.4 Å². The summed E-state index contributed by atoms with van der Waals surface area (Å²) in [5, 5.41) is 21.5. The maximum Gasteiger partial charge on any atom is 0.338 e. The molecule has 3 N–H and O–H groups in total. The van der Waals surface area contributed by atoms with Gasteiger partial charge in [-0.1, -0.05) is 0 Å². The van der Waals surface area contributed by atoms with Gasteiger partial charge in [0.15, 0.2) is 11.6 Å². The van der Waals surface area contributed by atoms with Gasteiger partial charge in [-0.2, -0.15) is 0 Å². The highest BCUT2D eigenvalue weighted by Gasteiger charge is 2.36. The first-order valence-corrected chi connectivity index (χ1v) is 5.44. The molecule has 1 heterocycles. The highest BCUT2D eigenvalue weighted by molar-refractivity contribution is 5.88. The first kappa shape index (κ1) is 14.4. The third-order valence-electron chi connectivity index (χ3n) is 3.08. The van der Waals surface area contributed by atoms with Gasteiger partial charge in [-0.05, 0) is 33.8 Å². The predicted molar refractivity (Wildman–Crippen MR) is 65.2 cm³/mol. The number of rotatable bonds is 4. The lowest BCUT2D eigenvalue weighted by molar-refractivity contribution is 0.0237. The molecule has 6 heteroatoms. The third-order valence-corrected chi connectivity index (χ3v) is 3.08. The van der Waals surface area contributed by atoms with Crippen molar-refractivity contribution in [3.8, 4) is 0 Å². The monoisotopic (exact) mass is 256 g/mol. The Kier molecular flexibility index (Phi) is 3.62. The van der Waals surface area contributed by atoms with Crippen LogP contribution in [0, 0.1) is 5.82 Å². The molecule has 0 fully saturated rings. The lowest BCUT2D eigenvalue weighted by Gasteiger charge is -2.38. The molecule has 1 aromatic rings. The Morgan fingerprint density at radius 2 is 1.94 bits per heavy atom. The van der Waals surface area contributed by atoms with E-state index in [1.807, 2.05) is 0 Å². The van der Waals surface area contributed by atoms with Gasteiger partial charge in [-0.3, -0.25) is 0 Å². The van der Waals surface area contributed by atoms with Gasteiger partial charge < -0.3 is 15.5 Å². The molecule has 5 nitrogen and oxygen atoms in total. The molecule has 0 aliphatic rings. The fraction of sp³-hybridized carbons (Fsp3) is 0.500. The Hall–Kier alpha value is -1.69.